The predicted octanol–water partition coefficient (Wildman–Crippen LogP) is 4.15. The van der Waals surface area contributed by atoms with E-state index in [2.05, 4.69) is 17.6 Å². The summed E-state index contributed by atoms with van der Waals surface area (Å²) in [6.07, 6.45) is -2.54. The van der Waals surface area contributed by atoms with Crippen LogP contribution in [0.2, 0.25) is 0 Å². The van der Waals surface area contributed by atoms with E-state index >= 15 is 0 Å². The van der Waals surface area contributed by atoms with Gasteiger partial charge in [-0.15, -0.1) is 0 Å². The molecule has 2 aromatic rings. The molecule has 1 aliphatic rings. The normalized spacial score (nSPS) is 19.8. The molecule has 5 N–H and O–H groups in total. The number of carbonyl (C=O) groups is 3. The molecular formula is C29H37F3N2O9S. The van der Waals surface area contributed by atoms with Gasteiger partial charge in [-0.3, -0.25) is 20.2 Å². The number of carboxylic acids is 3. The van der Waals surface area contributed by atoms with Crippen molar-refractivity contribution in [1.82, 2.24) is 10.6 Å². The number of halogens is 3. The van der Waals surface area contributed by atoms with Crippen molar-refractivity contribution < 1.29 is 56.0 Å². The van der Waals surface area contributed by atoms with Gasteiger partial charge in [0.05, 0.1) is 30.2 Å². The van der Waals surface area contributed by atoms with Crippen LogP contribution < -0.4 is 15.4 Å². The van der Waals surface area contributed by atoms with Gasteiger partial charge in [0.15, 0.2) is 9.84 Å². The van der Waals surface area contributed by atoms with Gasteiger partial charge in [-0.05, 0) is 36.1 Å². The van der Waals surface area contributed by atoms with Crippen LogP contribution in [0.15, 0.2) is 47.4 Å². The van der Waals surface area contributed by atoms with Gasteiger partial charge in [-0.2, -0.15) is 13.2 Å². The number of nitrogens with one attached hydrogen (secondary N) is 2. The van der Waals surface area contributed by atoms with Crippen LogP contribution in [0, 0.1) is 0 Å². The molecule has 11 nitrogen and oxygen atoms in total. The van der Waals surface area contributed by atoms with Crippen LogP contribution in [0.1, 0.15) is 68.7 Å². The second-order valence-electron chi connectivity index (χ2n) is 10.4. The first-order valence-electron chi connectivity index (χ1n) is 13.7. The van der Waals surface area contributed by atoms with Gasteiger partial charge >= 0.3 is 24.1 Å². The van der Waals surface area contributed by atoms with Gasteiger partial charge < -0.3 is 20.1 Å². The van der Waals surface area contributed by atoms with Gasteiger partial charge in [0, 0.05) is 17.6 Å². The Bertz CT molecular complexity index is 1420. The van der Waals surface area contributed by atoms with E-state index < -0.39 is 58.0 Å². The Kier molecular flexibility index (Phi) is 12.7. The van der Waals surface area contributed by atoms with Crippen molar-refractivity contribution in [3.8, 4) is 5.75 Å². The van der Waals surface area contributed by atoms with Crippen molar-refractivity contribution in [2.45, 2.75) is 81.2 Å². The average Bonchev–Trinajstić information content (AvgIpc) is 3.05. The van der Waals surface area contributed by atoms with Crippen LogP contribution in [0.3, 0.4) is 0 Å². The summed E-state index contributed by atoms with van der Waals surface area (Å²) in [5, 5.41) is 32.0. The highest BCUT2D eigenvalue weighted by Gasteiger charge is 2.42. The first-order valence-corrected chi connectivity index (χ1v) is 15.4. The quantitative estimate of drug-likeness (QED) is 0.224. The second-order valence-corrected chi connectivity index (χ2v) is 12.3. The van der Waals surface area contributed by atoms with E-state index in [1.807, 2.05) is 37.3 Å². The van der Waals surface area contributed by atoms with Crippen molar-refractivity contribution in [3.63, 3.8) is 0 Å². The molecule has 0 aromatic heterocycles. The van der Waals surface area contributed by atoms with Crippen LogP contribution in [-0.2, 0) is 30.8 Å². The molecule has 0 bridgehead atoms. The van der Waals surface area contributed by atoms with Gasteiger partial charge in [-0.1, -0.05) is 57.0 Å². The number of alkyl halides is 3. The van der Waals surface area contributed by atoms with Crippen molar-refractivity contribution in [2.75, 3.05) is 12.9 Å². The third-order valence-electron chi connectivity index (χ3n) is 7.25. The Labute approximate surface area is 253 Å². The number of fused-ring (bicyclic) bond motifs is 1. The van der Waals surface area contributed by atoms with Gasteiger partial charge in [0.2, 0.25) is 0 Å². The summed E-state index contributed by atoms with van der Waals surface area (Å²) in [6, 6.07) is 11.2. The summed E-state index contributed by atoms with van der Waals surface area (Å²) in [7, 11) is -2.28. The van der Waals surface area contributed by atoms with E-state index in [0.29, 0.717) is 29.7 Å². The van der Waals surface area contributed by atoms with Crippen molar-refractivity contribution >= 4 is 27.7 Å². The number of aliphatic carboxylic acids is 3. The highest BCUT2D eigenvalue weighted by atomic mass is 32.2. The average molecular weight is 647 g/mol. The molecule has 0 saturated carbocycles. The van der Waals surface area contributed by atoms with Crippen LogP contribution in [-0.4, -0.2) is 72.3 Å². The second kappa shape index (κ2) is 15.3. The smallest absolute Gasteiger partial charge is 0.490 e. The van der Waals surface area contributed by atoms with E-state index in [-0.39, 0.29) is 17.2 Å². The Hall–Kier alpha value is -3.69. The molecule has 0 radical (unpaired) electrons. The van der Waals surface area contributed by atoms with E-state index in [9.17, 15) is 36.3 Å². The fourth-order valence-corrected chi connectivity index (χ4v) is 7.08. The number of rotatable bonds is 12. The summed E-state index contributed by atoms with van der Waals surface area (Å²) in [6.45, 7) is 4.01. The van der Waals surface area contributed by atoms with Gasteiger partial charge in [0.1, 0.15) is 11.8 Å². The highest BCUT2D eigenvalue weighted by Crippen LogP contribution is 2.40. The van der Waals surface area contributed by atoms with Crippen molar-refractivity contribution in [3.05, 3.63) is 59.2 Å². The molecule has 0 spiro atoms. The maximum absolute atomic E-state index is 13.9. The molecule has 0 amide bonds. The number of unbranched alkanes of at least 4 members (excludes halogenated alkanes) is 1. The molecule has 1 aliphatic heterocycles. The lowest BCUT2D eigenvalue weighted by molar-refractivity contribution is -0.192. The van der Waals surface area contributed by atoms with E-state index in [4.69, 9.17) is 19.7 Å². The Balaban J connectivity index is 0.000000860. The molecule has 0 fully saturated rings. The molecule has 3 atom stereocenters. The zero-order valence-electron chi connectivity index (χ0n) is 24.5. The molecule has 0 unspecified atom stereocenters. The van der Waals surface area contributed by atoms with Crippen LogP contribution >= 0.6 is 0 Å². The number of hydrogen-bond acceptors (Lipinski definition) is 8. The van der Waals surface area contributed by atoms with E-state index in [1.165, 1.54) is 7.11 Å². The topological polar surface area (TPSA) is 179 Å². The summed E-state index contributed by atoms with van der Waals surface area (Å²) in [5.41, 5.74) is 1.30. The molecule has 44 heavy (non-hydrogen) atoms. The minimum absolute atomic E-state index is 0.0667. The van der Waals surface area contributed by atoms with Gasteiger partial charge in [-0.25, -0.2) is 13.2 Å². The van der Waals surface area contributed by atoms with Crippen molar-refractivity contribution in [1.29, 1.82) is 0 Å². The lowest BCUT2D eigenvalue weighted by atomic mass is 9.88. The number of sulfone groups is 1. The predicted molar refractivity (Wildman–Crippen MR) is 153 cm³/mol. The maximum atomic E-state index is 13.9. The van der Waals surface area contributed by atoms with Crippen LogP contribution in [0.4, 0.5) is 13.2 Å². The lowest BCUT2D eigenvalue weighted by Gasteiger charge is -2.36. The first kappa shape index (κ1) is 36.5. The number of methoxy groups -OCH3 is 1. The lowest BCUT2D eigenvalue weighted by Crippen LogP contribution is -2.50. The van der Waals surface area contributed by atoms with Gasteiger partial charge in [0.25, 0.3) is 0 Å². The molecule has 15 heteroatoms. The minimum atomic E-state index is -5.08. The molecule has 1 heterocycles. The zero-order chi connectivity index (χ0) is 33.3. The number of ether oxygens (including phenoxy) is 1. The number of hydrogen-bond donors (Lipinski definition) is 5. The molecular weight excluding hydrogens is 609 g/mol. The highest BCUT2D eigenvalue weighted by molar-refractivity contribution is 7.91. The zero-order valence-corrected chi connectivity index (χ0v) is 25.3. The number of benzene rings is 2. The fraction of sp³-hybridized carbons (Fsp3) is 0.483. The summed E-state index contributed by atoms with van der Waals surface area (Å²) >= 11 is 0. The molecule has 0 aliphatic carbocycles. The maximum Gasteiger partial charge on any atom is 0.490 e. The third kappa shape index (κ3) is 9.66. The van der Waals surface area contributed by atoms with E-state index in [1.54, 1.807) is 12.1 Å². The van der Waals surface area contributed by atoms with Crippen LogP contribution in [0.25, 0.3) is 0 Å². The monoisotopic (exact) mass is 646 g/mol. The fourth-order valence-electron chi connectivity index (χ4n) is 4.91. The molecule has 244 valence electrons. The standard InChI is InChI=1S/C27H36N2O7S.C2HF3O2/c1-4-6-12-27(5-2)17-37(34,35)23-13-19(16-28-21(26(32)33)15-24(30)31)22(36-3)14-20(23)25(29-27)18-10-8-7-9-11-18;3-2(4,5)1(6)7/h7-11,13-14,21,25,28-29H,4-6,12,15-17H2,1-3H3,(H,30,31)(H,32,33);(H,6,7)/t21-,25+,27+;/m0./s1. The minimum Gasteiger partial charge on any atom is -0.496 e. The SMILES string of the molecule is CCCC[C@]1(CC)CS(=O)(=O)c2cc(CN[C@@H](CC(=O)O)C(=O)O)c(OC)cc2[C@@H](c2ccccc2)N1.O=C(O)C(F)(F)F. The molecule has 0 saturated heterocycles. The molecule has 3 rings (SSSR count). The van der Waals surface area contributed by atoms with Crippen molar-refractivity contribution in [2.24, 2.45) is 0 Å². The number of carboxylic acid groups (broad SMARTS) is 3. The Morgan fingerprint density at radius 3 is 2.20 bits per heavy atom. The first-order chi connectivity index (χ1) is 20.5. The summed E-state index contributed by atoms with van der Waals surface area (Å²) in [5.74, 6) is -4.99. The third-order valence-corrected chi connectivity index (χ3v) is 9.21. The van der Waals surface area contributed by atoms with Crippen LogP contribution in [0.5, 0.6) is 5.75 Å². The summed E-state index contributed by atoms with van der Waals surface area (Å²) < 4.78 is 65.1. The largest absolute Gasteiger partial charge is 0.496 e. The molecule has 2 aromatic carbocycles. The summed E-state index contributed by atoms with van der Waals surface area (Å²) in [4.78, 5) is 31.7. The van der Waals surface area contributed by atoms with E-state index in [0.717, 1.165) is 18.4 Å². The Morgan fingerprint density at radius 1 is 1.11 bits per heavy atom. The Morgan fingerprint density at radius 2 is 1.73 bits per heavy atom.